The van der Waals surface area contributed by atoms with E-state index in [1.165, 1.54) is 81.4 Å². The van der Waals surface area contributed by atoms with E-state index in [0.717, 1.165) is 61.1 Å². The summed E-state index contributed by atoms with van der Waals surface area (Å²) < 4.78 is 7.26. The van der Waals surface area contributed by atoms with Gasteiger partial charge in [-0.25, -0.2) is 9.97 Å². The first-order valence-corrected chi connectivity index (χ1v) is 25.0. The average molecular weight is 928 g/mol. The lowest BCUT2D eigenvalue weighted by molar-refractivity contribution is 1.18. The van der Waals surface area contributed by atoms with E-state index in [0.29, 0.717) is 5.82 Å². The predicted molar refractivity (Wildman–Crippen MR) is 306 cm³/mol. The second kappa shape index (κ2) is 15.3. The number of aromatic nitrogens is 5. The van der Waals surface area contributed by atoms with Crippen LogP contribution in [0.2, 0.25) is 0 Å². The van der Waals surface area contributed by atoms with E-state index in [2.05, 4.69) is 262 Å². The molecule has 4 heterocycles. The van der Waals surface area contributed by atoms with Gasteiger partial charge in [-0.3, -0.25) is 0 Å². The van der Waals surface area contributed by atoms with Gasteiger partial charge in [0.05, 0.1) is 44.3 Å². The average Bonchev–Trinajstić information content (AvgIpc) is 4.09. The summed E-state index contributed by atoms with van der Waals surface area (Å²) in [6.45, 7) is 0. The van der Waals surface area contributed by atoms with Crippen molar-refractivity contribution >= 4 is 109 Å². The van der Waals surface area contributed by atoms with Crippen LogP contribution in [0.15, 0.2) is 249 Å². The maximum absolute atomic E-state index is 5.40. The molecule has 0 amide bonds. The molecule has 4 aromatic heterocycles. The molecule has 0 atom stereocenters. The molecule has 0 bridgehead atoms. The Morgan fingerprint density at radius 1 is 0.247 bits per heavy atom. The maximum atomic E-state index is 5.40. The molecule has 5 nitrogen and oxygen atoms in total. The molecule has 0 aliphatic rings. The first kappa shape index (κ1) is 39.9. The summed E-state index contributed by atoms with van der Waals surface area (Å²) >= 11 is 0. The number of para-hydroxylation sites is 5. The zero-order valence-electron chi connectivity index (χ0n) is 39.4. The number of hydrogen-bond donors (Lipinski definition) is 0. The maximum Gasteiger partial charge on any atom is 0.160 e. The van der Waals surface area contributed by atoms with Crippen LogP contribution in [0.25, 0.3) is 148 Å². The zero-order valence-corrected chi connectivity index (χ0v) is 39.4. The van der Waals surface area contributed by atoms with E-state index in [-0.39, 0.29) is 0 Å². The molecule has 16 aromatic rings. The summed E-state index contributed by atoms with van der Waals surface area (Å²) in [7, 11) is 0. The lowest BCUT2D eigenvalue weighted by Crippen LogP contribution is -1.97. The van der Waals surface area contributed by atoms with Crippen molar-refractivity contribution in [3.05, 3.63) is 249 Å². The highest BCUT2D eigenvalue weighted by Crippen LogP contribution is 2.41. The third kappa shape index (κ3) is 5.97. The number of benzene rings is 12. The van der Waals surface area contributed by atoms with Crippen LogP contribution in [0.3, 0.4) is 0 Å². The lowest BCUT2D eigenvalue weighted by Gasteiger charge is -2.13. The van der Waals surface area contributed by atoms with Gasteiger partial charge < -0.3 is 13.7 Å². The van der Waals surface area contributed by atoms with Gasteiger partial charge in [0, 0.05) is 71.3 Å². The molecule has 16 rings (SSSR count). The van der Waals surface area contributed by atoms with Gasteiger partial charge in [0.2, 0.25) is 0 Å². The van der Waals surface area contributed by atoms with E-state index >= 15 is 0 Å². The number of rotatable bonds is 5. The number of fused-ring (bicyclic) bond motifs is 14. The standard InChI is InChI=1S/C68H41N5/c1-2-15-49(16-3-1)71-61-23-11-7-18-53(61)56-34-31-46(40-64(56)71)66-58-21-6-10-22-60(58)69-68(70-66)47-27-26-44-37-50(32-28-43(44)36-47)72-62-24-12-9-20-55(62)59-39-45-29-33-51(38-48(45)41-65(59)72)73-63-25-13-8-19-54(63)57-35-30-42-14-4-5-17-52(42)67(57)73/h1-41H. The zero-order chi connectivity index (χ0) is 47.7. The third-order valence-electron chi connectivity index (χ3n) is 15.3. The Balaban J connectivity index is 0.824. The quantitative estimate of drug-likeness (QED) is 0.173. The molecule has 5 heteroatoms. The predicted octanol–water partition coefficient (Wildman–Crippen LogP) is 17.7. The van der Waals surface area contributed by atoms with Gasteiger partial charge in [0.1, 0.15) is 0 Å². The molecule has 0 aliphatic heterocycles. The van der Waals surface area contributed by atoms with Gasteiger partial charge in [-0.1, -0.05) is 164 Å². The highest BCUT2D eigenvalue weighted by atomic mass is 15.0. The van der Waals surface area contributed by atoms with Crippen molar-refractivity contribution in [1.29, 1.82) is 0 Å². The van der Waals surface area contributed by atoms with Crippen LogP contribution in [0.4, 0.5) is 0 Å². The molecule has 73 heavy (non-hydrogen) atoms. The Hall–Kier alpha value is -9.84. The molecule has 0 radical (unpaired) electrons. The Labute approximate surface area is 418 Å². The van der Waals surface area contributed by atoms with Crippen molar-refractivity contribution < 1.29 is 0 Å². The molecule has 0 fully saturated rings. The van der Waals surface area contributed by atoms with Crippen LogP contribution in [0.1, 0.15) is 0 Å². The molecular formula is C68H41N5. The van der Waals surface area contributed by atoms with E-state index in [1.54, 1.807) is 0 Å². The third-order valence-corrected chi connectivity index (χ3v) is 15.3. The Morgan fingerprint density at radius 3 is 1.56 bits per heavy atom. The molecule has 0 spiro atoms. The largest absolute Gasteiger partial charge is 0.309 e. The van der Waals surface area contributed by atoms with Crippen molar-refractivity contribution in [2.24, 2.45) is 0 Å². The highest BCUT2D eigenvalue weighted by molar-refractivity contribution is 6.19. The lowest BCUT2D eigenvalue weighted by atomic mass is 10.0. The van der Waals surface area contributed by atoms with E-state index in [4.69, 9.17) is 9.97 Å². The fraction of sp³-hybridized carbons (Fsp3) is 0. The van der Waals surface area contributed by atoms with E-state index < -0.39 is 0 Å². The monoisotopic (exact) mass is 927 g/mol. The summed E-state index contributed by atoms with van der Waals surface area (Å²) in [6.07, 6.45) is 0. The van der Waals surface area contributed by atoms with Crippen molar-refractivity contribution in [3.8, 4) is 39.7 Å². The van der Waals surface area contributed by atoms with Crippen LogP contribution in [0, 0.1) is 0 Å². The van der Waals surface area contributed by atoms with Gasteiger partial charge in [-0.05, 0) is 112 Å². The first-order chi connectivity index (χ1) is 36.2. The Morgan fingerprint density at radius 2 is 0.767 bits per heavy atom. The Kier molecular flexibility index (Phi) is 8.39. The van der Waals surface area contributed by atoms with E-state index in [9.17, 15) is 0 Å². The summed E-state index contributed by atoms with van der Waals surface area (Å²) in [4.78, 5) is 10.6. The van der Waals surface area contributed by atoms with Gasteiger partial charge in [-0.15, -0.1) is 0 Å². The Bertz CT molecular complexity index is 4980. The van der Waals surface area contributed by atoms with Crippen LogP contribution in [-0.2, 0) is 0 Å². The van der Waals surface area contributed by atoms with Gasteiger partial charge in [-0.2, -0.15) is 0 Å². The van der Waals surface area contributed by atoms with Crippen molar-refractivity contribution in [2.75, 3.05) is 0 Å². The molecule has 0 N–H and O–H groups in total. The van der Waals surface area contributed by atoms with Crippen molar-refractivity contribution in [2.45, 2.75) is 0 Å². The smallest absolute Gasteiger partial charge is 0.160 e. The minimum absolute atomic E-state index is 0.700. The normalized spacial score (nSPS) is 12.1. The second-order valence-electron chi connectivity index (χ2n) is 19.4. The minimum Gasteiger partial charge on any atom is -0.309 e. The molecule has 0 saturated heterocycles. The van der Waals surface area contributed by atoms with Crippen LogP contribution < -0.4 is 0 Å². The van der Waals surface area contributed by atoms with E-state index in [1.807, 2.05) is 0 Å². The summed E-state index contributed by atoms with van der Waals surface area (Å²) in [5.41, 5.74) is 14.4. The fourth-order valence-electron chi connectivity index (χ4n) is 12.0. The molecule has 0 aliphatic carbocycles. The van der Waals surface area contributed by atoms with Gasteiger partial charge >= 0.3 is 0 Å². The fourth-order valence-corrected chi connectivity index (χ4v) is 12.0. The minimum atomic E-state index is 0.700. The van der Waals surface area contributed by atoms with Crippen molar-refractivity contribution in [1.82, 2.24) is 23.7 Å². The molecule has 0 unspecified atom stereocenters. The van der Waals surface area contributed by atoms with Crippen molar-refractivity contribution in [3.63, 3.8) is 0 Å². The van der Waals surface area contributed by atoms with Gasteiger partial charge in [0.25, 0.3) is 0 Å². The van der Waals surface area contributed by atoms with Crippen LogP contribution >= 0.6 is 0 Å². The van der Waals surface area contributed by atoms with Crippen LogP contribution in [0.5, 0.6) is 0 Å². The summed E-state index contributed by atoms with van der Waals surface area (Å²) in [5, 5.41) is 15.6. The van der Waals surface area contributed by atoms with Crippen LogP contribution in [-0.4, -0.2) is 23.7 Å². The van der Waals surface area contributed by atoms with Gasteiger partial charge in [0.15, 0.2) is 5.82 Å². The molecule has 338 valence electrons. The SMILES string of the molecule is c1ccc(-n2c3ccccc3c3ccc(-c4nc(-c5ccc6cc(-n7c8ccccc8c8cc9ccc(-n%10c%11ccccc%11c%11ccc%12ccccc%12c%11%10)cc9cc87)ccc6c5)nc5ccccc45)cc32)cc1. The number of nitrogens with zero attached hydrogens (tertiary/aromatic N) is 5. The molecule has 0 saturated carbocycles. The first-order valence-electron chi connectivity index (χ1n) is 25.0. The highest BCUT2D eigenvalue weighted by Gasteiger charge is 2.20. The second-order valence-corrected chi connectivity index (χ2v) is 19.4. The summed E-state index contributed by atoms with van der Waals surface area (Å²) in [6, 6.07) is 90.5. The summed E-state index contributed by atoms with van der Waals surface area (Å²) in [5.74, 6) is 0.700. The number of hydrogen-bond acceptors (Lipinski definition) is 2. The molecular weight excluding hydrogens is 887 g/mol. The topological polar surface area (TPSA) is 40.6 Å². The molecule has 12 aromatic carbocycles.